The zero-order valence-electron chi connectivity index (χ0n) is 15.5. The van der Waals surface area contributed by atoms with Gasteiger partial charge < -0.3 is 10.2 Å². The largest absolute Gasteiger partial charge is 0.340 e. The van der Waals surface area contributed by atoms with Crippen molar-refractivity contribution >= 4 is 5.91 Å². The topological polar surface area (TPSA) is 50.2 Å². The van der Waals surface area contributed by atoms with Crippen molar-refractivity contribution in [3.8, 4) is 0 Å². The molecule has 1 atom stereocenters. The van der Waals surface area contributed by atoms with Gasteiger partial charge in [0.2, 0.25) is 5.91 Å². The van der Waals surface area contributed by atoms with Crippen molar-refractivity contribution in [2.45, 2.75) is 38.6 Å². The van der Waals surface area contributed by atoms with Crippen molar-refractivity contribution < 1.29 is 4.79 Å². The third kappa shape index (κ3) is 4.48. The molecule has 1 saturated heterocycles. The second-order valence-corrected chi connectivity index (χ2v) is 7.14. The number of nitrogens with zero attached hydrogens (tertiary/aromatic N) is 3. The lowest BCUT2D eigenvalue weighted by Gasteiger charge is -2.20. The Kier molecular flexibility index (Phi) is 5.53. The molecule has 3 rings (SSSR count). The second-order valence-electron chi connectivity index (χ2n) is 7.14. The molecule has 1 N–H and O–H groups in total. The summed E-state index contributed by atoms with van der Waals surface area (Å²) in [6, 6.07) is 10.3. The number of aryl methyl sites for hydroxylation is 2. The van der Waals surface area contributed by atoms with Gasteiger partial charge in [0, 0.05) is 26.6 Å². The summed E-state index contributed by atoms with van der Waals surface area (Å²) in [4.78, 5) is 14.3. The van der Waals surface area contributed by atoms with Crippen molar-refractivity contribution in [2.24, 2.45) is 7.05 Å². The van der Waals surface area contributed by atoms with E-state index in [0.717, 1.165) is 30.0 Å². The maximum Gasteiger partial charge on any atom is 0.227 e. The second kappa shape index (κ2) is 7.83. The highest BCUT2D eigenvalue weighted by atomic mass is 16.2. The van der Waals surface area contributed by atoms with Gasteiger partial charge in [-0.25, -0.2) is 0 Å². The summed E-state index contributed by atoms with van der Waals surface area (Å²) in [5, 5.41) is 8.12. The minimum absolute atomic E-state index is 0.130. The monoisotopic (exact) mass is 340 g/mol. The van der Waals surface area contributed by atoms with E-state index in [2.05, 4.69) is 23.4 Å². The quantitative estimate of drug-likeness (QED) is 0.909. The molecule has 0 aliphatic carbocycles. The Morgan fingerprint density at radius 2 is 2.12 bits per heavy atom. The molecule has 1 aromatic carbocycles. The third-order valence-electron chi connectivity index (χ3n) is 5.01. The molecule has 0 radical (unpaired) electrons. The van der Waals surface area contributed by atoms with Crippen LogP contribution in [0.1, 0.15) is 41.3 Å². The van der Waals surface area contributed by atoms with Crippen LogP contribution in [0.5, 0.6) is 0 Å². The zero-order valence-corrected chi connectivity index (χ0v) is 15.5. The average Bonchev–Trinajstić information content (AvgIpc) is 2.98. The van der Waals surface area contributed by atoms with Gasteiger partial charge in [0.1, 0.15) is 0 Å². The smallest absolute Gasteiger partial charge is 0.227 e. The molecular formula is C20H28N4O. The molecule has 1 aliphatic rings. The van der Waals surface area contributed by atoms with Crippen molar-refractivity contribution in [1.82, 2.24) is 20.0 Å². The number of benzene rings is 1. The highest BCUT2D eigenvalue weighted by molar-refractivity contribution is 5.78. The van der Waals surface area contributed by atoms with Gasteiger partial charge in [-0.15, -0.1) is 0 Å². The highest BCUT2D eigenvalue weighted by Gasteiger charge is 2.20. The van der Waals surface area contributed by atoms with E-state index in [9.17, 15) is 4.79 Å². The van der Waals surface area contributed by atoms with Gasteiger partial charge in [0.05, 0.1) is 24.4 Å². The van der Waals surface area contributed by atoms with E-state index in [-0.39, 0.29) is 5.91 Å². The van der Waals surface area contributed by atoms with Crippen LogP contribution in [0.3, 0.4) is 0 Å². The van der Waals surface area contributed by atoms with Gasteiger partial charge >= 0.3 is 0 Å². The molecule has 0 saturated carbocycles. The van der Waals surface area contributed by atoms with Crippen molar-refractivity contribution in [3.05, 3.63) is 52.8 Å². The summed E-state index contributed by atoms with van der Waals surface area (Å²) >= 11 is 0. The van der Waals surface area contributed by atoms with Crippen LogP contribution >= 0.6 is 0 Å². The number of rotatable bonds is 5. The van der Waals surface area contributed by atoms with E-state index in [1.165, 1.54) is 18.4 Å². The van der Waals surface area contributed by atoms with Crippen LogP contribution in [0.15, 0.2) is 30.3 Å². The molecule has 1 fully saturated rings. The summed E-state index contributed by atoms with van der Waals surface area (Å²) < 4.78 is 1.92. The molecule has 25 heavy (non-hydrogen) atoms. The Morgan fingerprint density at radius 1 is 1.36 bits per heavy atom. The molecule has 1 amide bonds. The van der Waals surface area contributed by atoms with Crippen LogP contribution in [-0.2, 0) is 24.8 Å². The molecule has 2 heterocycles. The number of piperidine rings is 1. The van der Waals surface area contributed by atoms with Gasteiger partial charge in [-0.1, -0.05) is 29.8 Å². The van der Waals surface area contributed by atoms with E-state index in [1.54, 1.807) is 4.90 Å². The summed E-state index contributed by atoms with van der Waals surface area (Å²) in [5.74, 6) is 0.619. The van der Waals surface area contributed by atoms with Gasteiger partial charge in [-0.2, -0.15) is 5.10 Å². The number of amides is 1. The lowest BCUT2D eigenvalue weighted by Crippen LogP contribution is -2.28. The fourth-order valence-electron chi connectivity index (χ4n) is 3.33. The summed E-state index contributed by atoms with van der Waals surface area (Å²) in [5.41, 5.74) is 4.50. The fraction of sp³-hybridized carbons (Fsp3) is 0.500. The molecule has 5 heteroatoms. The zero-order chi connectivity index (χ0) is 17.8. The standard InChI is InChI=1S/C20H28N4O/c1-15-6-8-16(9-7-15)11-20(25)23(2)14-18-12-19(22-24(18)3)17-5-4-10-21-13-17/h6-9,12,17,21H,4-5,10-11,13-14H2,1-3H3/t17-/m1/s1. The maximum absolute atomic E-state index is 12.5. The number of hydrogen-bond acceptors (Lipinski definition) is 3. The van der Waals surface area contributed by atoms with Gasteiger partial charge in [0.25, 0.3) is 0 Å². The molecule has 1 aliphatic heterocycles. The number of aromatic nitrogens is 2. The predicted molar refractivity (Wildman–Crippen MR) is 99.4 cm³/mol. The van der Waals surface area contributed by atoms with Crippen molar-refractivity contribution in [3.63, 3.8) is 0 Å². The SMILES string of the molecule is Cc1ccc(CC(=O)N(C)Cc2cc([C@@H]3CCCNC3)nn2C)cc1. The van der Waals surface area contributed by atoms with Gasteiger partial charge in [-0.05, 0) is 37.9 Å². The Bertz CT molecular complexity index is 714. The molecular weight excluding hydrogens is 312 g/mol. The summed E-state index contributed by atoms with van der Waals surface area (Å²) in [6.45, 7) is 4.75. The molecule has 5 nitrogen and oxygen atoms in total. The highest BCUT2D eigenvalue weighted by Crippen LogP contribution is 2.23. The lowest BCUT2D eigenvalue weighted by molar-refractivity contribution is -0.129. The molecule has 1 aromatic heterocycles. The van der Waals surface area contributed by atoms with Crippen LogP contribution in [0.2, 0.25) is 0 Å². The molecule has 0 bridgehead atoms. The Labute approximate surface area is 150 Å². The third-order valence-corrected chi connectivity index (χ3v) is 5.01. The number of hydrogen-bond donors (Lipinski definition) is 1. The number of carbonyl (C=O) groups is 1. The van der Waals surface area contributed by atoms with Crippen LogP contribution in [0.25, 0.3) is 0 Å². The van der Waals surface area contributed by atoms with Crippen molar-refractivity contribution in [2.75, 3.05) is 20.1 Å². The van der Waals surface area contributed by atoms with Gasteiger partial charge in [0.15, 0.2) is 0 Å². The normalized spacial score (nSPS) is 17.5. The van der Waals surface area contributed by atoms with E-state index in [1.807, 2.05) is 43.0 Å². The Hall–Kier alpha value is -2.14. The minimum Gasteiger partial charge on any atom is -0.340 e. The first-order valence-electron chi connectivity index (χ1n) is 9.06. The van der Waals surface area contributed by atoms with Crippen LogP contribution in [0.4, 0.5) is 0 Å². The maximum atomic E-state index is 12.5. The summed E-state index contributed by atoms with van der Waals surface area (Å²) in [7, 11) is 3.83. The number of carbonyl (C=O) groups excluding carboxylic acids is 1. The first kappa shape index (κ1) is 17.7. The molecule has 0 unspecified atom stereocenters. The van der Waals surface area contributed by atoms with E-state index in [0.29, 0.717) is 18.9 Å². The lowest BCUT2D eigenvalue weighted by atomic mass is 9.96. The van der Waals surface area contributed by atoms with E-state index in [4.69, 9.17) is 0 Å². The van der Waals surface area contributed by atoms with Gasteiger partial charge in [-0.3, -0.25) is 9.48 Å². The molecule has 2 aromatic rings. The summed E-state index contributed by atoms with van der Waals surface area (Å²) in [6.07, 6.45) is 2.82. The molecule has 134 valence electrons. The average molecular weight is 340 g/mol. The van der Waals surface area contributed by atoms with E-state index >= 15 is 0 Å². The number of likely N-dealkylation sites (N-methyl/N-ethyl adjacent to an activating group) is 1. The van der Waals surface area contributed by atoms with E-state index < -0.39 is 0 Å². The first-order valence-corrected chi connectivity index (χ1v) is 9.06. The predicted octanol–water partition coefficient (Wildman–Crippen LogP) is 2.40. The number of nitrogens with one attached hydrogen (secondary N) is 1. The fourth-order valence-corrected chi connectivity index (χ4v) is 3.33. The van der Waals surface area contributed by atoms with Crippen LogP contribution < -0.4 is 5.32 Å². The Balaban J connectivity index is 1.61. The van der Waals surface area contributed by atoms with Crippen LogP contribution in [-0.4, -0.2) is 40.7 Å². The first-order chi connectivity index (χ1) is 12.0. The molecule has 0 spiro atoms. The minimum atomic E-state index is 0.130. The Morgan fingerprint density at radius 3 is 2.80 bits per heavy atom. The van der Waals surface area contributed by atoms with Crippen molar-refractivity contribution in [1.29, 1.82) is 0 Å². The van der Waals surface area contributed by atoms with Crippen LogP contribution in [0, 0.1) is 6.92 Å².